The van der Waals surface area contributed by atoms with E-state index in [1.807, 2.05) is 53.3 Å². The van der Waals surface area contributed by atoms with Crippen LogP contribution in [0.2, 0.25) is 0 Å². The third-order valence-electron chi connectivity index (χ3n) is 3.11. The van der Waals surface area contributed by atoms with Gasteiger partial charge in [-0.1, -0.05) is 18.2 Å². The third-order valence-corrected chi connectivity index (χ3v) is 3.11. The zero-order valence-corrected chi connectivity index (χ0v) is 11.2. The zero-order valence-electron chi connectivity index (χ0n) is 11.2. The highest BCUT2D eigenvalue weighted by Gasteiger charge is 2.05. The lowest BCUT2D eigenvalue weighted by Gasteiger charge is -2.06. The molecular formula is C16H12N4O. The van der Waals surface area contributed by atoms with Crippen molar-refractivity contribution in [1.82, 2.24) is 9.78 Å². The number of para-hydroxylation sites is 1. The average molecular weight is 276 g/mol. The number of carbonyl (C=O) groups excluding carboxylic acids is 1. The number of fused-ring (bicyclic) bond motifs is 1. The summed E-state index contributed by atoms with van der Waals surface area (Å²) in [7, 11) is 0. The molecule has 0 saturated heterocycles. The Balaban J connectivity index is 1.87. The maximum atomic E-state index is 11.3. The molecule has 3 aromatic rings. The molecule has 102 valence electrons. The molecule has 0 fully saturated rings. The van der Waals surface area contributed by atoms with Gasteiger partial charge in [-0.15, -0.1) is 0 Å². The number of nitrogens with zero attached hydrogens (tertiary/aromatic N) is 3. The van der Waals surface area contributed by atoms with Crippen molar-refractivity contribution in [1.29, 1.82) is 5.26 Å². The number of rotatable bonds is 3. The Kier molecular flexibility index (Phi) is 3.36. The second-order valence-electron chi connectivity index (χ2n) is 4.55. The summed E-state index contributed by atoms with van der Waals surface area (Å²) in [4.78, 5) is 11.3. The molecule has 0 atom stereocenters. The van der Waals surface area contributed by atoms with E-state index in [4.69, 9.17) is 5.26 Å². The Morgan fingerprint density at radius 1 is 1.19 bits per heavy atom. The molecule has 0 unspecified atom stereocenters. The molecule has 3 rings (SSSR count). The van der Waals surface area contributed by atoms with Crippen molar-refractivity contribution in [3.8, 4) is 11.8 Å². The van der Waals surface area contributed by atoms with Crippen molar-refractivity contribution in [3.05, 3.63) is 54.7 Å². The summed E-state index contributed by atoms with van der Waals surface area (Å²) >= 11 is 0. The maximum absolute atomic E-state index is 11.3. The van der Waals surface area contributed by atoms with E-state index in [0.29, 0.717) is 5.69 Å². The normalized spacial score (nSPS) is 10.2. The summed E-state index contributed by atoms with van der Waals surface area (Å²) in [5, 5.41) is 16.6. The molecule has 1 amide bonds. The SMILES string of the molecule is N#CCC(=O)Nc1ccc(-n2ncc3ccccc32)cc1. The van der Waals surface area contributed by atoms with Gasteiger partial charge in [0, 0.05) is 11.1 Å². The fourth-order valence-electron chi connectivity index (χ4n) is 2.14. The fraction of sp³-hybridized carbons (Fsp3) is 0.0625. The van der Waals surface area contributed by atoms with Gasteiger partial charge in [-0.25, -0.2) is 4.68 Å². The minimum atomic E-state index is -0.310. The molecule has 1 heterocycles. The van der Waals surface area contributed by atoms with Gasteiger partial charge in [0.15, 0.2) is 0 Å². The Bertz CT molecular complexity index is 827. The molecule has 0 aliphatic heterocycles. The van der Waals surface area contributed by atoms with Crippen LogP contribution < -0.4 is 5.32 Å². The molecule has 5 heteroatoms. The van der Waals surface area contributed by atoms with Gasteiger partial charge in [0.25, 0.3) is 0 Å². The highest BCUT2D eigenvalue weighted by molar-refractivity contribution is 5.92. The highest BCUT2D eigenvalue weighted by Crippen LogP contribution is 2.19. The van der Waals surface area contributed by atoms with Gasteiger partial charge in [0.1, 0.15) is 6.42 Å². The van der Waals surface area contributed by atoms with Crippen molar-refractivity contribution >= 4 is 22.5 Å². The highest BCUT2D eigenvalue weighted by atomic mass is 16.1. The fourth-order valence-corrected chi connectivity index (χ4v) is 2.14. The topological polar surface area (TPSA) is 70.7 Å². The van der Waals surface area contributed by atoms with Gasteiger partial charge in [-0.05, 0) is 30.3 Å². The van der Waals surface area contributed by atoms with Gasteiger partial charge in [0.05, 0.1) is 23.5 Å². The van der Waals surface area contributed by atoms with Gasteiger partial charge in [-0.2, -0.15) is 10.4 Å². The van der Waals surface area contributed by atoms with Crippen LogP contribution in [0, 0.1) is 11.3 Å². The van der Waals surface area contributed by atoms with Crippen molar-refractivity contribution in [2.45, 2.75) is 6.42 Å². The van der Waals surface area contributed by atoms with Gasteiger partial charge in [-0.3, -0.25) is 4.79 Å². The van der Waals surface area contributed by atoms with E-state index in [9.17, 15) is 4.79 Å². The number of anilines is 1. The molecule has 2 aromatic carbocycles. The van der Waals surface area contributed by atoms with Crippen molar-refractivity contribution in [2.75, 3.05) is 5.32 Å². The van der Waals surface area contributed by atoms with E-state index >= 15 is 0 Å². The first-order valence-corrected chi connectivity index (χ1v) is 6.48. The van der Waals surface area contributed by atoms with Crippen LogP contribution >= 0.6 is 0 Å². The predicted octanol–water partition coefficient (Wildman–Crippen LogP) is 2.88. The second kappa shape index (κ2) is 5.47. The van der Waals surface area contributed by atoms with Gasteiger partial charge >= 0.3 is 0 Å². The minimum absolute atomic E-state index is 0.147. The van der Waals surface area contributed by atoms with E-state index in [0.717, 1.165) is 16.6 Å². The number of aromatic nitrogens is 2. The monoisotopic (exact) mass is 276 g/mol. The van der Waals surface area contributed by atoms with Crippen LogP contribution in [-0.2, 0) is 4.79 Å². The summed E-state index contributed by atoms with van der Waals surface area (Å²) in [6.45, 7) is 0. The molecule has 0 aliphatic carbocycles. The van der Waals surface area contributed by atoms with E-state index < -0.39 is 0 Å². The smallest absolute Gasteiger partial charge is 0.238 e. The van der Waals surface area contributed by atoms with E-state index in [2.05, 4.69) is 10.4 Å². The van der Waals surface area contributed by atoms with Crippen LogP contribution in [0.25, 0.3) is 16.6 Å². The number of benzene rings is 2. The first-order valence-electron chi connectivity index (χ1n) is 6.48. The lowest BCUT2D eigenvalue weighted by molar-refractivity contribution is -0.115. The molecule has 1 aromatic heterocycles. The van der Waals surface area contributed by atoms with E-state index in [1.54, 1.807) is 12.1 Å². The maximum Gasteiger partial charge on any atom is 0.238 e. The summed E-state index contributed by atoms with van der Waals surface area (Å²) in [5.74, 6) is -0.310. The van der Waals surface area contributed by atoms with Crippen LogP contribution in [-0.4, -0.2) is 15.7 Å². The molecule has 21 heavy (non-hydrogen) atoms. The lowest BCUT2D eigenvalue weighted by atomic mass is 10.2. The van der Waals surface area contributed by atoms with Crippen LogP contribution in [0.3, 0.4) is 0 Å². The molecule has 0 spiro atoms. The molecule has 0 saturated carbocycles. The first-order chi connectivity index (χ1) is 10.3. The Morgan fingerprint density at radius 3 is 2.71 bits per heavy atom. The number of carbonyl (C=O) groups is 1. The van der Waals surface area contributed by atoms with Crippen LogP contribution in [0.4, 0.5) is 5.69 Å². The summed E-state index contributed by atoms with van der Waals surface area (Å²) in [6, 6.07) is 17.1. The number of hydrogen-bond acceptors (Lipinski definition) is 3. The summed E-state index contributed by atoms with van der Waals surface area (Å²) in [5.41, 5.74) is 2.60. The zero-order chi connectivity index (χ0) is 14.7. The number of amides is 1. The number of hydrogen-bond donors (Lipinski definition) is 1. The van der Waals surface area contributed by atoms with E-state index in [-0.39, 0.29) is 12.3 Å². The lowest BCUT2D eigenvalue weighted by Crippen LogP contribution is -2.10. The molecule has 0 radical (unpaired) electrons. The van der Waals surface area contributed by atoms with Crippen molar-refractivity contribution in [2.24, 2.45) is 0 Å². The van der Waals surface area contributed by atoms with Crippen LogP contribution in [0.5, 0.6) is 0 Å². The average Bonchev–Trinajstić information content (AvgIpc) is 2.92. The standard InChI is InChI=1S/C16H12N4O/c17-10-9-16(21)19-13-5-7-14(8-6-13)20-15-4-2-1-3-12(15)11-18-20/h1-8,11H,9H2,(H,19,21). The molecular weight excluding hydrogens is 264 g/mol. The van der Waals surface area contributed by atoms with Gasteiger partial charge < -0.3 is 5.32 Å². The Labute approximate surface area is 121 Å². The quantitative estimate of drug-likeness (QED) is 0.799. The van der Waals surface area contributed by atoms with Crippen LogP contribution in [0.15, 0.2) is 54.7 Å². The number of nitriles is 1. The molecule has 1 N–H and O–H groups in total. The Morgan fingerprint density at radius 2 is 1.95 bits per heavy atom. The van der Waals surface area contributed by atoms with Crippen molar-refractivity contribution in [3.63, 3.8) is 0 Å². The molecule has 0 bridgehead atoms. The van der Waals surface area contributed by atoms with E-state index in [1.165, 1.54) is 0 Å². The number of nitrogens with one attached hydrogen (secondary N) is 1. The minimum Gasteiger partial charge on any atom is -0.325 e. The predicted molar refractivity (Wildman–Crippen MR) is 79.9 cm³/mol. The first kappa shape index (κ1) is 12.9. The Hall–Kier alpha value is -3.13. The summed E-state index contributed by atoms with van der Waals surface area (Å²) < 4.78 is 1.84. The largest absolute Gasteiger partial charge is 0.325 e. The third kappa shape index (κ3) is 2.60. The van der Waals surface area contributed by atoms with Crippen molar-refractivity contribution < 1.29 is 4.79 Å². The molecule has 0 aliphatic rings. The van der Waals surface area contributed by atoms with Crippen LogP contribution in [0.1, 0.15) is 6.42 Å². The van der Waals surface area contributed by atoms with Gasteiger partial charge in [0.2, 0.25) is 5.91 Å². The summed E-state index contributed by atoms with van der Waals surface area (Å²) in [6.07, 6.45) is 1.67. The second-order valence-corrected chi connectivity index (χ2v) is 4.55. The molecule has 5 nitrogen and oxygen atoms in total.